The highest BCUT2D eigenvalue weighted by atomic mass is 79.9. The predicted octanol–water partition coefficient (Wildman–Crippen LogP) is 2.76. The van der Waals surface area contributed by atoms with E-state index >= 15 is 0 Å². The quantitative estimate of drug-likeness (QED) is 0.824. The predicted molar refractivity (Wildman–Crippen MR) is 84.0 cm³/mol. The topological polar surface area (TPSA) is 95.2 Å². The number of nitrogens with one attached hydrogen (secondary N) is 1. The van der Waals surface area contributed by atoms with Crippen LogP contribution in [0.1, 0.15) is 13.3 Å². The average Bonchev–Trinajstić information content (AvgIpc) is 2.45. The van der Waals surface area contributed by atoms with Crippen molar-refractivity contribution < 1.29 is 9.47 Å². The Kier molecular flexibility index (Phi) is 5.15. The molecule has 7 nitrogen and oxygen atoms in total. The number of ether oxygens (including phenoxy) is 2. The van der Waals surface area contributed by atoms with Gasteiger partial charge in [0.05, 0.1) is 19.4 Å². The molecule has 1 heterocycles. The number of benzene rings is 1. The minimum Gasteiger partial charge on any atom is -0.495 e. The lowest BCUT2D eigenvalue weighted by Gasteiger charge is -2.11. The Morgan fingerprint density at radius 3 is 2.81 bits per heavy atom. The molecule has 0 spiro atoms. The molecule has 0 radical (unpaired) electrons. The molecule has 0 atom stereocenters. The molecule has 0 aliphatic heterocycles. The van der Waals surface area contributed by atoms with E-state index in [1.807, 2.05) is 25.1 Å². The summed E-state index contributed by atoms with van der Waals surface area (Å²) < 4.78 is 11.6. The molecule has 2 aromatic rings. The number of rotatable bonds is 6. The van der Waals surface area contributed by atoms with Gasteiger partial charge in [0.1, 0.15) is 5.75 Å². The van der Waals surface area contributed by atoms with Crippen molar-refractivity contribution in [2.75, 3.05) is 24.8 Å². The van der Waals surface area contributed by atoms with Crippen LogP contribution < -0.4 is 20.5 Å². The fraction of sp³-hybridized carbons (Fsp3) is 0.308. The standard InChI is InChI=1S/C13H16BrN5O2/c1-3-6-21-13-18-11(15)17-12(19-13)16-9-7-8(14)4-5-10(9)20-2/h4-5,7H,3,6H2,1-2H3,(H3,15,16,17,18,19). The van der Waals surface area contributed by atoms with Crippen LogP contribution in [0.2, 0.25) is 0 Å². The minimum absolute atomic E-state index is 0.0903. The van der Waals surface area contributed by atoms with E-state index in [9.17, 15) is 0 Å². The second-order valence-corrected chi connectivity index (χ2v) is 5.03. The fourth-order valence-electron chi connectivity index (χ4n) is 1.58. The van der Waals surface area contributed by atoms with E-state index in [2.05, 4.69) is 36.2 Å². The van der Waals surface area contributed by atoms with Crippen molar-refractivity contribution in [1.29, 1.82) is 0 Å². The van der Waals surface area contributed by atoms with Crippen molar-refractivity contribution >= 4 is 33.5 Å². The summed E-state index contributed by atoms with van der Waals surface area (Å²) in [4.78, 5) is 12.1. The number of nitrogens with zero attached hydrogens (tertiary/aromatic N) is 3. The molecule has 1 aromatic heterocycles. The van der Waals surface area contributed by atoms with Crippen molar-refractivity contribution in [3.63, 3.8) is 0 Å². The van der Waals surface area contributed by atoms with Gasteiger partial charge in [-0.1, -0.05) is 22.9 Å². The molecule has 0 aliphatic rings. The maximum absolute atomic E-state index is 5.66. The second-order valence-electron chi connectivity index (χ2n) is 4.12. The van der Waals surface area contributed by atoms with Crippen LogP contribution >= 0.6 is 15.9 Å². The van der Waals surface area contributed by atoms with Crippen LogP contribution in [0.15, 0.2) is 22.7 Å². The highest BCUT2D eigenvalue weighted by Gasteiger charge is 2.09. The zero-order chi connectivity index (χ0) is 15.2. The van der Waals surface area contributed by atoms with Gasteiger partial charge in [0.25, 0.3) is 0 Å². The normalized spacial score (nSPS) is 10.2. The van der Waals surface area contributed by atoms with Crippen molar-refractivity contribution in [1.82, 2.24) is 15.0 Å². The summed E-state index contributed by atoms with van der Waals surface area (Å²) in [6.45, 7) is 2.51. The molecule has 2 rings (SSSR count). The summed E-state index contributed by atoms with van der Waals surface area (Å²) in [6.07, 6.45) is 0.855. The molecule has 0 aliphatic carbocycles. The summed E-state index contributed by atoms with van der Waals surface area (Å²) in [5.41, 5.74) is 6.37. The van der Waals surface area contributed by atoms with Crippen LogP contribution in [0, 0.1) is 0 Å². The van der Waals surface area contributed by atoms with Gasteiger partial charge in [-0.2, -0.15) is 15.0 Å². The lowest BCUT2D eigenvalue weighted by molar-refractivity contribution is 0.292. The van der Waals surface area contributed by atoms with Crippen molar-refractivity contribution in [2.24, 2.45) is 0 Å². The third kappa shape index (κ3) is 4.19. The first-order valence-electron chi connectivity index (χ1n) is 6.37. The SMILES string of the molecule is CCCOc1nc(N)nc(Nc2cc(Br)ccc2OC)n1. The highest BCUT2D eigenvalue weighted by Crippen LogP contribution is 2.30. The van der Waals surface area contributed by atoms with Crippen LogP contribution in [0.3, 0.4) is 0 Å². The van der Waals surface area contributed by atoms with E-state index < -0.39 is 0 Å². The molecule has 112 valence electrons. The van der Waals surface area contributed by atoms with E-state index in [1.165, 1.54) is 0 Å². The average molecular weight is 354 g/mol. The van der Waals surface area contributed by atoms with Gasteiger partial charge in [-0.15, -0.1) is 0 Å². The number of nitrogens with two attached hydrogens (primary N) is 1. The van der Waals surface area contributed by atoms with Crippen molar-refractivity contribution in [2.45, 2.75) is 13.3 Å². The summed E-state index contributed by atoms with van der Waals surface area (Å²) >= 11 is 3.40. The van der Waals surface area contributed by atoms with Gasteiger partial charge in [-0.05, 0) is 24.6 Å². The third-order valence-electron chi connectivity index (χ3n) is 2.48. The summed E-state index contributed by atoms with van der Waals surface area (Å²) in [5.74, 6) is 1.05. The van der Waals surface area contributed by atoms with Gasteiger partial charge in [0.2, 0.25) is 11.9 Å². The zero-order valence-electron chi connectivity index (χ0n) is 11.8. The molecule has 0 unspecified atom stereocenters. The minimum atomic E-state index is 0.0903. The van der Waals surface area contributed by atoms with E-state index in [4.69, 9.17) is 15.2 Å². The Morgan fingerprint density at radius 2 is 2.10 bits per heavy atom. The van der Waals surface area contributed by atoms with Crippen LogP contribution in [0.5, 0.6) is 11.8 Å². The molecule has 1 aromatic carbocycles. The number of halogens is 1. The van der Waals surface area contributed by atoms with E-state index in [0.29, 0.717) is 24.0 Å². The number of aromatic nitrogens is 3. The highest BCUT2D eigenvalue weighted by molar-refractivity contribution is 9.10. The summed E-state index contributed by atoms with van der Waals surface area (Å²) in [5, 5.41) is 3.04. The number of methoxy groups -OCH3 is 1. The molecule has 0 bridgehead atoms. The number of hydrogen-bond donors (Lipinski definition) is 2. The monoisotopic (exact) mass is 353 g/mol. The largest absolute Gasteiger partial charge is 0.495 e. The van der Waals surface area contributed by atoms with Gasteiger partial charge in [-0.25, -0.2) is 0 Å². The van der Waals surface area contributed by atoms with Gasteiger partial charge < -0.3 is 20.5 Å². The maximum Gasteiger partial charge on any atom is 0.323 e. The Morgan fingerprint density at radius 1 is 1.29 bits per heavy atom. The van der Waals surface area contributed by atoms with Crippen molar-refractivity contribution in [3.05, 3.63) is 22.7 Å². The molecular formula is C13H16BrN5O2. The van der Waals surface area contributed by atoms with Crippen LogP contribution in [-0.2, 0) is 0 Å². The summed E-state index contributed by atoms with van der Waals surface area (Å²) in [6, 6.07) is 5.75. The second kappa shape index (κ2) is 7.07. The first kappa shape index (κ1) is 15.3. The van der Waals surface area contributed by atoms with Crippen molar-refractivity contribution in [3.8, 4) is 11.8 Å². The van der Waals surface area contributed by atoms with E-state index in [1.54, 1.807) is 7.11 Å². The lowest BCUT2D eigenvalue weighted by Crippen LogP contribution is -2.07. The fourth-order valence-corrected chi connectivity index (χ4v) is 1.95. The Bertz CT molecular complexity index is 624. The zero-order valence-corrected chi connectivity index (χ0v) is 13.3. The number of anilines is 3. The Labute approximate surface area is 131 Å². The first-order chi connectivity index (χ1) is 10.1. The van der Waals surface area contributed by atoms with Gasteiger partial charge in [0.15, 0.2) is 0 Å². The third-order valence-corrected chi connectivity index (χ3v) is 2.97. The molecule has 8 heteroatoms. The maximum atomic E-state index is 5.66. The Hall–Kier alpha value is -2.09. The van der Waals surface area contributed by atoms with Gasteiger partial charge >= 0.3 is 6.01 Å². The van der Waals surface area contributed by atoms with E-state index in [-0.39, 0.29) is 12.0 Å². The molecule has 0 fully saturated rings. The molecule has 21 heavy (non-hydrogen) atoms. The van der Waals surface area contributed by atoms with Gasteiger partial charge in [-0.3, -0.25) is 0 Å². The molecule has 0 saturated carbocycles. The lowest BCUT2D eigenvalue weighted by atomic mass is 10.3. The Balaban J connectivity index is 2.26. The molecule has 3 N–H and O–H groups in total. The molecular weight excluding hydrogens is 338 g/mol. The molecule has 0 saturated heterocycles. The number of hydrogen-bond acceptors (Lipinski definition) is 7. The number of nitrogen functional groups attached to an aromatic ring is 1. The first-order valence-corrected chi connectivity index (χ1v) is 7.16. The van der Waals surface area contributed by atoms with E-state index in [0.717, 1.165) is 10.9 Å². The van der Waals surface area contributed by atoms with Gasteiger partial charge in [0, 0.05) is 4.47 Å². The smallest absolute Gasteiger partial charge is 0.323 e. The summed E-state index contributed by atoms with van der Waals surface area (Å²) in [7, 11) is 1.59. The van der Waals surface area contributed by atoms with Crippen LogP contribution in [-0.4, -0.2) is 28.7 Å². The molecule has 0 amide bonds. The van der Waals surface area contributed by atoms with Crippen LogP contribution in [0.25, 0.3) is 0 Å². The van der Waals surface area contributed by atoms with Crippen LogP contribution in [0.4, 0.5) is 17.6 Å².